The number of hydrogen-bond donors (Lipinski definition) is 2. The highest BCUT2D eigenvalue weighted by molar-refractivity contribution is 6.00. The highest BCUT2D eigenvalue weighted by Gasteiger charge is 2.31. The number of para-hydroxylation sites is 1. The third-order valence-corrected chi connectivity index (χ3v) is 3.44. The molecule has 1 heterocycles. The number of nitrogens with zero attached hydrogens (tertiary/aromatic N) is 1. The molecule has 0 spiro atoms. The van der Waals surface area contributed by atoms with Gasteiger partial charge in [0.05, 0.1) is 6.04 Å². The highest BCUT2D eigenvalue weighted by Crippen LogP contribution is 2.12. The molecule has 2 unspecified atom stereocenters. The van der Waals surface area contributed by atoms with E-state index < -0.39 is 12.1 Å². The number of likely N-dealkylation sites (tertiary alicyclic amines) is 1. The predicted molar refractivity (Wildman–Crippen MR) is 76.7 cm³/mol. The van der Waals surface area contributed by atoms with Gasteiger partial charge in [-0.3, -0.25) is 14.5 Å². The second kappa shape index (κ2) is 7.19. The SMILES string of the molecule is CN1C(=O)CCC(NCC(O)COc2ccccc2)C1=O. The minimum atomic E-state index is -0.721. The molecule has 6 heteroatoms. The maximum absolute atomic E-state index is 11.9. The number of piperidine rings is 1. The van der Waals surface area contributed by atoms with Crippen molar-refractivity contribution in [3.8, 4) is 5.75 Å². The number of aliphatic hydroxyl groups excluding tert-OH is 1. The average Bonchev–Trinajstić information content (AvgIpc) is 2.51. The maximum atomic E-state index is 11.9. The lowest BCUT2D eigenvalue weighted by Gasteiger charge is -2.28. The van der Waals surface area contributed by atoms with Crippen molar-refractivity contribution in [2.24, 2.45) is 0 Å². The van der Waals surface area contributed by atoms with Gasteiger partial charge in [0.1, 0.15) is 18.5 Å². The molecule has 0 bridgehead atoms. The third kappa shape index (κ3) is 4.27. The van der Waals surface area contributed by atoms with Gasteiger partial charge in [0, 0.05) is 20.0 Å². The first-order valence-corrected chi connectivity index (χ1v) is 6.97. The van der Waals surface area contributed by atoms with E-state index in [0.717, 1.165) is 4.90 Å². The Bertz CT molecular complexity index is 492. The first kappa shape index (κ1) is 15.5. The summed E-state index contributed by atoms with van der Waals surface area (Å²) in [7, 11) is 1.48. The van der Waals surface area contributed by atoms with Gasteiger partial charge in [-0.25, -0.2) is 0 Å². The molecule has 0 aromatic heterocycles. The van der Waals surface area contributed by atoms with Crippen LogP contribution in [-0.2, 0) is 9.59 Å². The first-order valence-electron chi connectivity index (χ1n) is 6.97. The number of imide groups is 1. The Morgan fingerprint density at radius 1 is 1.38 bits per heavy atom. The van der Waals surface area contributed by atoms with Crippen LogP contribution in [0.2, 0.25) is 0 Å². The molecule has 0 radical (unpaired) electrons. The average molecular weight is 292 g/mol. The van der Waals surface area contributed by atoms with E-state index in [2.05, 4.69) is 5.32 Å². The van der Waals surface area contributed by atoms with Gasteiger partial charge < -0.3 is 15.2 Å². The fraction of sp³-hybridized carbons (Fsp3) is 0.467. The summed E-state index contributed by atoms with van der Waals surface area (Å²) in [5, 5.41) is 12.9. The number of aliphatic hydroxyl groups is 1. The summed E-state index contributed by atoms with van der Waals surface area (Å²) in [6.45, 7) is 0.387. The van der Waals surface area contributed by atoms with Crippen molar-refractivity contribution in [1.82, 2.24) is 10.2 Å². The highest BCUT2D eigenvalue weighted by atomic mass is 16.5. The largest absolute Gasteiger partial charge is 0.491 e. The van der Waals surface area contributed by atoms with Crippen molar-refractivity contribution in [3.63, 3.8) is 0 Å². The van der Waals surface area contributed by atoms with Crippen LogP contribution in [0.15, 0.2) is 30.3 Å². The number of amides is 2. The van der Waals surface area contributed by atoms with Gasteiger partial charge in [-0.2, -0.15) is 0 Å². The quantitative estimate of drug-likeness (QED) is 0.730. The molecule has 1 aromatic carbocycles. The van der Waals surface area contributed by atoms with Gasteiger partial charge >= 0.3 is 0 Å². The Kier molecular flexibility index (Phi) is 5.30. The summed E-state index contributed by atoms with van der Waals surface area (Å²) in [5.41, 5.74) is 0. The second-order valence-corrected chi connectivity index (χ2v) is 5.07. The number of rotatable bonds is 6. The van der Waals surface area contributed by atoms with E-state index in [9.17, 15) is 14.7 Å². The molecule has 0 aliphatic carbocycles. The van der Waals surface area contributed by atoms with E-state index in [1.54, 1.807) is 0 Å². The summed E-state index contributed by atoms with van der Waals surface area (Å²) >= 11 is 0. The summed E-state index contributed by atoms with van der Waals surface area (Å²) in [4.78, 5) is 24.3. The zero-order valence-corrected chi connectivity index (χ0v) is 12.0. The molecule has 2 N–H and O–H groups in total. The topological polar surface area (TPSA) is 78.9 Å². The van der Waals surface area contributed by atoms with E-state index >= 15 is 0 Å². The van der Waals surface area contributed by atoms with Gasteiger partial charge in [0.2, 0.25) is 11.8 Å². The van der Waals surface area contributed by atoms with E-state index in [0.29, 0.717) is 18.6 Å². The molecule has 1 aliphatic heterocycles. The fourth-order valence-electron chi connectivity index (χ4n) is 2.15. The number of carbonyl (C=O) groups excluding carboxylic acids is 2. The molecule has 1 aromatic rings. The van der Waals surface area contributed by atoms with E-state index in [1.165, 1.54) is 7.05 Å². The number of benzene rings is 1. The van der Waals surface area contributed by atoms with Gasteiger partial charge in [0.15, 0.2) is 0 Å². The normalized spacial score (nSPS) is 20.5. The second-order valence-electron chi connectivity index (χ2n) is 5.07. The van der Waals surface area contributed by atoms with Gasteiger partial charge in [-0.15, -0.1) is 0 Å². The third-order valence-electron chi connectivity index (χ3n) is 3.44. The zero-order chi connectivity index (χ0) is 15.2. The minimum Gasteiger partial charge on any atom is -0.491 e. The van der Waals surface area contributed by atoms with Crippen LogP contribution < -0.4 is 10.1 Å². The maximum Gasteiger partial charge on any atom is 0.246 e. The summed E-state index contributed by atoms with van der Waals surface area (Å²) < 4.78 is 5.43. The fourth-order valence-corrected chi connectivity index (χ4v) is 2.15. The monoisotopic (exact) mass is 292 g/mol. The van der Waals surface area contributed by atoms with Crippen LogP contribution in [0.4, 0.5) is 0 Å². The van der Waals surface area contributed by atoms with Crippen LogP contribution in [0.3, 0.4) is 0 Å². The van der Waals surface area contributed by atoms with Crippen molar-refractivity contribution in [2.45, 2.75) is 25.0 Å². The van der Waals surface area contributed by atoms with Gasteiger partial charge in [0.25, 0.3) is 0 Å². The number of carbonyl (C=O) groups is 2. The van der Waals surface area contributed by atoms with E-state index in [-0.39, 0.29) is 25.0 Å². The lowest BCUT2D eigenvalue weighted by Crippen LogP contribution is -2.53. The summed E-state index contributed by atoms with van der Waals surface area (Å²) in [5.74, 6) is 0.282. The van der Waals surface area contributed by atoms with Crippen LogP contribution in [0, 0.1) is 0 Å². The zero-order valence-electron chi connectivity index (χ0n) is 12.0. The van der Waals surface area contributed by atoms with Crippen LogP contribution in [0.25, 0.3) is 0 Å². The molecule has 114 valence electrons. The summed E-state index contributed by atoms with van der Waals surface area (Å²) in [6, 6.07) is 8.80. The number of nitrogens with one attached hydrogen (secondary N) is 1. The van der Waals surface area contributed by atoms with E-state index in [1.807, 2.05) is 30.3 Å². The lowest BCUT2D eigenvalue weighted by atomic mass is 10.0. The Balaban J connectivity index is 1.72. The van der Waals surface area contributed by atoms with Gasteiger partial charge in [-0.05, 0) is 18.6 Å². The number of hydrogen-bond acceptors (Lipinski definition) is 5. The molecule has 2 atom stereocenters. The smallest absolute Gasteiger partial charge is 0.246 e. The van der Waals surface area contributed by atoms with Crippen molar-refractivity contribution >= 4 is 11.8 Å². The van der Waals surface area contributed by atoms with Crippen molar-refractivity contribution in [3.05, 3.63) is 30.3 Å². The lowest BCUT2D eigenvalue weighted by molar-refractivity contribution is -0.148. The molecule has 1 aliphatic rings. The van der Waals surface area contributed by atoms with Crippen LogP contribution in [0.1, 0.15) is 12.8 Å². The molecular weight excluding hydrogens is 272 g/mol. The minimum absolute atomic E-state index is 0.146. The van der Waals surface area contributed by atoms with E-state index in [4.69, 9.17) is 4.74 Å². The molecule has 1 fully saturated rings. The number of ether oxygens (including phenoxy) is 1. The molecule has 1 saturated heterocycles. The van der Waals surface area contributed by atoms with Crippen LogP contribution in [0.5, 0.6) is 5.75 Å². The summed E-state index contributed by atoms with van der Waals surface area (Å²) in [6.07, 6.45) is 0.0890. The molecule has 2 amide bonds. The van der Waals surface area contributed by atoms with Crippen LogP contribution in [-0.4, -0.2) is 54.2 Å². The Morgan fingerprint density at radius 3 is 2.81 bits per heavy atom. The van der Waals surface area contributed by atoms with Crippen molar-refractivity contribution in [1.29, 1.82) is 0 Å². The molecular formula is C15H20N2O4. The number of likely N-dealkylation sites (N-methyl/N-ethyl adjacent to an activating group) is 1. The molecule has 2 rings (SSSR count). The molecule has 0 saturated carbocycles. The molecule has 6 nitrogen and oxygen atoms in total. The predicted octanol–water partition coefficient (Wildman–Crippen LogP) is 0.163. The van der Waals surface area contributed by atoms with Crippen LogP contribution >= 0.6 is 0 Å². The van der Waals surface area contributed by atoms with Crippen molar-refractivity contribution in [2.75, 3.05) is 20.2 Å². The standard InChI is InChI=1S/C15H20N2O4/c1-17-14(19)8-7-13(15(17)20)16-9-11(18)10-21-12-5-3-2-4-6-12/h2-6,11,13,16,18H,7-10H2,1H3. The molecule has 21 heavy (non-hydrogen) atoms. The Morgan fingerprint density at radius 2 is 2.10 bits per heavy atom. The Hall–Kier alpha value is -1.92. The van der Waals surface area contributed by atoms with Crippen molar-refractivity contribution < 1.29 is 19.4 Å². The van der Waals surface area contributed by atoms with Gasteiger partial charge in [-0.1, -0.05) is 18.2 Å². The Labute approximate surface area is 123 Å². The first-order chi connectivity index (χ1) is 10.1.